The zero-order chi connectivity index (χ0) is 20.3. The van der Waals surface area contributed by atoms with E-state index in [1.54, 1.807) is 12.1 Å². The molecule has 0 bridgehead atoms. The maximum atomic E-state index is 13.0. The molecule has 2 aromatic rings. The molecule has 4 nitrogen and oxygen atoms in total. The lowest BCUT2D eigenvalue weighted by Gasteiger charge is -2.16. The van der Waals surface area contributed by atoms with Crippen molar-refractivity contribution in [3.63, 3.8) is 0 Å². The van der Waals surface area contributed by atoms with E-state index in [9.17, 15) is 9.18 Å². The van der Waals surface area contributed by atoms with Gasteiger partial charge in [0.1, 0.15) is 11.6 Å². The summed E-state index contributed by atoms with van der Waals surface area (Å²) in [6.45, 7) is 8.82. The second-order valence-electron chi connectivity index (χ2n) is 6.79. The molecule has 2 aromatic carbocycles. The number of ether oxygens (including phenoxy) is 1. The average molecular weight is 399 g/mol. The van der Waals surface area contributed by atoms with Crippen LogP contribution in [-0.4, -0.2) is 17.7 Å². The van der Waals surface area contributed by atoms with Gasteiger partial charge in [0.05, 0.1) is 17.2 Å². The van der Waals surface area contributed by atoms with Gasteiger partial charge < -0.3 is 10.1 Å². The van der Waals surface area contributed by atoms with Gasteiger partial charge in [-0.3, -0.25) is 4.79 Å². The molecule has 1 amide bonds. The molecule has 28 heavy (non-hydrogen) atoms. The van der Waals surface area contributed by atoms with Gasteiger partial charge in [-0.25, -0.2) is 9.38 Å². The molecule has 1 heterocycles. The smallest absolute Gasteiger partial charge is 0.264 e. The largest absolute Gasteiger partial charge is 0.494 e. The summed E-state index contributed by atoms with van der Waals surface area (Å²) >= 11 is 1.28. The summed E-state index contributed by atoms with van der Waals surface area (Å²) < 4.78 is 18.8. The molecule has 0 spiro atoms. The van der Waals surface area contributed by atoms with Crippen LogP contribution in [0.2, 0.25) is 0 Å². The maximum absolute atomic E-state index is 13.0. The molecule has 1 aliphatic heterocycles. The molecule has 3 rings (SSSR count). The van der Waals surface area contributed by atoms with Crippen LogP contribution < -0.4 is 10.1 Å². The highest BCUT2D eigenvalue weighted by Gasteiger charge is 2.24. The van der Waals surface area contributed by atoms with Gasteiger partial charge in [0, 0.05) is 0 Å². The van der Waals surface area contributed by atoms with Gasteiger partial charge in [-0.1, -0.05) is 13.8 Å². The Morgan fingerprint density at radius 2 is 1.96 bits per heavy atom. The number of thioether (sulfide) groups is 1. The minimum absolute atomic E-state index is 0.190. The molecule has 146 valence electrons. The van der Waals surface area contributed by atoms with E-state index in [4.69, 9.17) is 4.74 Å². The fourth-order valence-corrected chi connectivity index (χ4v) is 3.69. The molecule has 1 fully saturated rings. The summed E-state index contributed by atoms with van der Waals surface area (Å²) in [5, 5.41) is 3.25. The summed E-state index contributed by atoms with van der Waals surface area (Å²) in [5.74, 6) is 0.684. The number of benzene rings is 2. The predicted molar refractivity (Wildman–Crippen MR) is 114 cm³/mol. The third-order valence-corrected chi connectivity index (χ3v) is 5.22. The van der Waals surface area contributed by atoms with Crippen molar-refractivity contribution < 1.29 is 13.9 Å². The third-order valence-electron chi connectivity index (χ3n) is 4.32. The van der Waals surface area contributed by atoms with Crippen LogP contribution in [0.3, 0.4) is 0 Å². The van der Waals surface area contributed by atoms with E-state index in [2.05, 4.69) is 30.2 Å². The fraction of sp³-hybridized carbons (Fsp3) is 0.273. The van der Waals surface area contributed by atoms with E-state index in [1.165, 1.54) is 23.9 Å². The van der Waals surface area contributed by atoms with Gasteiger partial charge in [0.15, 0.2) is 5.17 Å². The maximum Gasteiger partial charge on any atom is 0.264 e. The van der Waals surface area contributed by atoms with Crippen LogP contribution in [0.15, 0.2) is 46.3 Å². The summed E-state index contributed by atoms with van der Waals surface area (Å²) in [7, 11) is 0. The summed E-state index contributed by atoms with van der Waals surface area (Å²) in [6.07, 6.45) is 1.88. The molecule has 0 saturated carbocycles. The highest BCUT2D eigenvalue weighted by Crippen LogP contribution is 2.33. The van der Waals surface area contributed by atoms with Crippen LogP contribution in [0.5, 0.6) is 5.75 Å². The first kappa shape index (κ1) is 20.1. The van der Waals surface area contributed by atoms with E-state index in [-0.39, 0.29) is 11.7 Å². The van der Waals surface area contributed by atoms with Crippen LogP contribution in [0.25, 0.3) is 6.08 Å². The minimum Gasteiger partial charge on any atom is -0.494 e. The Kier molecular flexibility index (Phi) is 6.19. The van der Waals surface area contributed by atoms with E-state index < -0.39 is 0 Å². The number of carbonyl (C=O) groups is 1. The highest BCUT2D eigenvalue weighted by atomic mass is 32.2. The number of carbonyl (C=O) groups excluding carboxylic acids is 1. The SMILES string of the molecule is CCOc1cc(C)c(/C=C2\SC(=Nc3ccc(F)cc3)NC2=O)cc1C(C)C. The second-order valence-corrected chi connectivity index (χ2v) is 7.82. The first-order chi connectivity index (χ1) is 13.4. The highest BCUT2D eigenvalue weighted by molar-refractivity contribution is 8.18. The predicted octanol–water partition coefficient (Wildman–Crippen LogP) is 5.55. The van der Waals surface area contributed by atoms with Crippen molar-refractivity contribution in [3.05, 3.63) is 63.8 Å². The molecular weight excluding hydrogens is 375 g/mol. The molecule has 1 aliphatic rings. The Balaban J connectivity index is 1.90. The number of nitrogens with one attached hydrogen (secondary N) is 1. The quantitative estimate of drug-likeness (QED) is 0.672. The summed E-state index contributed by atoms with van der Waals surface area (Å²) in [6, 6.07) is 9.93. The number of halogens is 1. The van der Waals surface area contributed by atoms with Gasteiger partial charge in [-0.15, -0.1) is 0 Å². The van der Waals surface area contributed by atoms with Gasteiger partial charge in [-0.05, 0) is 90.7 Å². The first-order valence-electron chi connectivity index (χ1n) is 9.20. The second kappa shape index (κ2) is 8.61. The van der Waals surface area contributed by atoms with E-state index in [0.717, 1.165) is 22.4 Å². The van der Waals surface area contributed by atoms with Crippen molar-refractivity contribution in [1.82, 2.24) is 5.32 Å². The molecule has 0 atom stereocenters. The van der Waals surface area contributed by atoms with Gasteiger partial charge >= 0.3 is 0 Å². The lowest BCUT2D eigenvalue weighted by atomic mass is 9.96. The van der Waals surface area contributed by atoms with Crippen molar-refractivity contribution >= 4 is 34.6 Å². The molecule has 0 unspecified atom stereocenters. The monoisotopic (exact) mass is 398 g/mol. The van der Waals surface area contributed by atoms with Crippen molar-refractivity contribution in [1.29, 1.82) is 0 Å². The van der Waals surface area contributed by atoms with Crippen LogP contribution in [0.1, 0.15) is 43.4 Å². The lowest BCUT2D eigenvalue weighted by Crippen LogP contribution is -2.19. The Morgan fingerprint density at radius 3 is 2.61 bits per heavy atom. The van der Waals surface area contributed by atoms with Crippen LogP contribution in [-0.2, 0) is 4.79 Å². The van der Waals surface area contributed by atoms with E-state index in [1.807, 2.05) is 26.0 Å². The average Bonchev–Trinajstić information content (AvgIpc) is 2.98. The van der Waals surface area contributed by atoms with Crippen LogP contribution in [0.4, 0.5) is 10.1 Å². The van der Waals surface area contributed by atoms with Crippen LogP contribution in [0, 0.1) is 12.7 Å². The summed E-state index contributed by atoms with van der Waals surface area (Å²) in [5.41, 5.74) is 3.72. The lowest BCUT2D eigenvalue weighted by molar-refractivity contribution is -0.115. The first-order valence-corrected chi connectivity index (χ1v) is 10.0. The number of hydrogen-bond acceptors (Lipinski definition) is 4. The molecule has 0 aliphatic carbocycles. The number of aryl methyl sites for hydroxylation is 1. The minimum atomic E-state index is -0.320. The van der Waals surface area contributed by atoms with Crippen LogP contribution >= 0.6 is 11.8 Å². The molecular formula is C22H23FN2O2S. The number of amides is 1. The fourth-order valence-electron chi connectivity index (χ4n) is 2.86. The molecule has 0 radical (unpaired) electrons. The van der Waals surface area contributed by atoms with Crippen molar-refractivity contribution in [3.8, 4) is 5.75 Å². The molecule has 0 aromatic heterocycles. The van der Waals surface area contributed by atoms with Crippen molar-refractivity contribution in [2.24, 2.45) is 4.99 Å². The number of amidine groups is 1. The van der Waals surface area contributed by atoms with Crippen molar-refractivity contribution in [2.75, 3.05) is 6.61 Å². The zero-order valence-corrected chi connectivity index (χ0v) is 17.2. The summed E-state index contributed by atoms with van der Waals surface area (Å²) in [4.78, 5) is 17.3. The Hall–Kier alpha value is -2.60. The van der Waals surface area contributed by atoms with Gasteiger partial charge in [0.25, 0.3) is 5.91 Å². The number of hydrogen-bond donors (Lipinski definition) is 1. The van der Waals surface area contributed by atoms with Gasteiger partial charge in [0.2, 0.25) is 0 Å². The molecule has 1 N–H and O–H groups in total. The molecule has 6 heteroatoms. The van der Waals surface area contributed by atoms with E-state index in [0.29, 0.717) is 28.3 Å². The van der Waals surface area contributed by atoms with E-state index >= 15 is 0 Å². The number of nitrogens with zero attached hydrogens (tertiary/aromatic N) is 1. The normalized spacial score (nSPS) is 16.9. The zero-order valence-electron chi connectivity index (χ0n) is 16.4. The van der Waals surface area contributed by atoms with Gasteiger partial charge in [-0.2, -0.15) is 0 Å². The Labute approximate surface area is 168 Å². The standard InChI is InChI=1S/C22H23FN2O2S/c1-5-27-19-10-14(4)15(11-18(19)13(2)3)12-20-21(26)25-22(28-20)24-17-8-6-16(23)7-9-17/h6-13H,5H2,1-4H3,(H,24,25,26)/b20-12-. The third kappa shape index (κ3) is 4.62. The Bertz CT molecular complexity index is 950. The number of rotatable bonds is 5. The Morgan fingerprint density at radius 1 is 1.25 bits per heavy atom. The number of aliphatic imine (C=N–C) groups is 1. The topological polar surface area (TPSA) is 50.7 Å². The van der Waals surface area contributed by atoms with Crippen molar-refractivity contribution in [2.45, 2.75) is 33.6 Å². The molecule has 1 saturated heterocycles.